The number of carbonyl (C=O) groups excluding carboxylic acids is 1. The van der Waals surface area contributed by atoms with Crippen LogP contribution in [0, 0.1) is 11.8 Å². The van der Waals surface area contributed by atoms with Gasteiger partial charge in [-0.3, -0.25) is 9.59 Å². The van der Waals surface area contributed by atoms with Crippen molar-refractivity contribution in [3.63, 3.8) is 0 Å². The van der Waals surface area contributed by atoms with Crippen LogP contribution in [0.1, 0.15) is 39.0 Å². The second-order valence-electron chi connectivity index (χ2n) is 5.54. The molecule has 0 saturated heterocycles. The normalized spacial score (nSPS) is 23.1. The smallest absolute Gasteiger partial charge is 0.323 e. The molecule has 0 spiro atoms. The van der Waals surface area contributed by atoms with Gasteiger partial charge in [-0.15, -0.1) is 0 Å². The topological polar surface area (TPSA) is 66.8 Å². The summed E-state index contributed by atoms with van der Waals surface area (Å²) in [4.78, 5) is 24.3. The molecule has 1 saturated carbocycles. The van der Waals surface area contributed by atoms with Crippen molar-refractivity contribution in [3.8, 4) is 0 Å². The Morgan fingerprint density at radius 2 is 2.11 bits per heavy atom. The summed E-state index contributed by atoms with van der Waals surface area (Å²) in [5, 5.41) is 8.85. The van der Waals surface area contributed by atoms with Crippen LogP contribution in [-0.2, 0) is 14.3 Å². The molecule has 1 aliphatic carbocycles. The van der Waals surface area contributed by atoms with E-state index in [0.717, 1.165) is 12.8 Å². The third-order valence-electron chi connectivity index (χ3n) is 3.75. The summed E-state index contributed by atoms with van der Waals surface area (Å²) in [6.07, 6.45) is 5.06. The van der Waals surface area contributed by atoms with E-state index in [4.69, 9.17) is 9.84 Å². The van der Waals surface area contributed by atoms with Crippen LogP contribution in [0.15, 0.2) is 0 Å². The summed E-state index contributed by atoms with van der Waals surface area (Å²) in [6.45, 7) is 2.71. The molecule has 19 heavy (non-hydrogen) atoms. The molecule has 5 nitrogen and oxygen atoms in total. The van der Waals surface area contributed by atoms with Gasteiger partial charge in [0.25, 0.3) is 0 Å². The van der Waals surface area contributed by atoms with Crippen molar-refractivity contribution in [2.45, 2.75) is 39.0 Å². The zero-order chi connectivity index (χ0) is 14.3. The lowest BCUT2D eigenvalue weighted by atomic mass is 9.80. The van der Waals surface area contributed by atoms with E-state index in [1.54, 1.807) is 7.11 Å². The molecule has 1 amide bonds. The average molecular weight is 271 g/mol. The van der Waals surface area contributed by atoms with Gasteiger partial charge in [0, 0.05) is 20.1 Å². The monoisotopic (exact) mass is 271 g/mol. The Kier molecular flexibility index (Phi) is 6.84. The Balaban J connectivity index is 2.47. The Morgan fingerprint density at radius 3 is 2.68 bits per heavy atom. The van der Waals surface area contributed by atoms with Crippen LogP contribution in [-0.4, -0.2) is 48.7 Å². The van der Waals surface area contributed by atoms with Gasteiger partial charge >= 0.3 is 5.97 Å². The van der Waals surface area contributed by atoms with Gasteiger partial charge in [0.1, 0.15) is 6.54 Å². The molecule has 0 aromatic heterocycles. The Labute approximate surface area is 114 Å². The number of carboxylic acid groups (broad SMARTS) is 1. The molecule has 1 aliphatic rings. The molecule has 5 heteroatoms. The SMILES string of the molecule is COCCN(CC(=O)O)C(=O)CC1CCCC(C)C1. The van der Waals surface area contributed by atoms with E-state index in [9.17, 15) is 9.59 Å². The number of aliphatic carboxylic acids is 1. The highest BCUT2D eigenvalue weighted by Gasteiger charge is 2.24. The summed E-state index contributed by atoms with van der Waals surface area (Å²) < 4.78 is 4.92. The standard InChI is InChI=1S/C14H25NO4/c1-11-4-3-5-12(8-11)9-13(16)15(6-7-19-2)10-14(17)18/h11-12H,3-10H2,1-2H3,(H,17,18). The van der Waals surface area contributed by atoms with Gasteiger partial charge in [0.05, 0.1) is 6.61 Å². The third-order valence-corrected chi connectivity index (χ3v) is 3.75. The third kappa shape index (κ3) is 6.05. The number of carboxylic acids is 1. The van der Waals surface area contributed by atoms with Crippen LogP contribution < -0.4 is 0 Å². The highest BCUT2D eigenvalue weighted by molar-refractivity contribution is 5.81. The first-order valence-corrected chi connectivity index (χ1v) is 7.01. The highest BCUT2D eigenvalue weighted by Crippen LogP contribution is 2.31. The summed E-state index contributed by atoms with van der Waals surface area (Å²) in [5.74, 6) is 0.0635. The van der Waals surface area contributed by atoms with E-state index in [1.165, 1.54) is 17.7 Å². The zero-order valence-electron chi connectivity index (χ0n) is 11.9. The highest BCUT2D eigenvalue weighted by atomic mass is 16.5. The van der Waals surface area contributed by atoms with Crippen LogP contribution in [0.3, 0.4) is 0 Å². The van der Waals surface area contributed by atoms with E-state index in [0.29, 0.717) is 31.4 Å². The van der Waals surface area contributed by atoms with Crippen molar-refractivity contribution >= 4 is 11.9 Å². The van der Waals surface area contributed by atoms with Crippen molar-refractivity contribution in [2.24, 2.45) is 11.8 Å². The van der Waals surface area contributed by atoms with Crippen molar-refractivity contribution in [3.05, 3.63) is 0 Å². The second kappa shape index (κ2) is 8.15. The predicted molar refractivity (Wildman–Crippen MR) is 71.8 cm³/mol. The molecule has 1 N–H and O–H groups in total. The van der Waals surface area contributed by atoms with E-state index >= 15 is 0 Å². The fourth-order valence-corrected chi connectivity index (χ4v) is 2.78. The lowest BCUT2D eigenvalue weighted by molar-refractivity contribution is -0.145. The van der Waals surface area contributed by atoms with Gasteiger partial charge in [0.2, 0.25) is 5.91 Å². The molecule has 110 valence electrons. The van der Waals surface area contributed by atoms with Crippen LogP contribution in [0.2, 0.25) is 0 Å². The molecule has 1 fully saturated rings. The average Bonchev–Trinajstić information content (AvgIpc) is 2.34. The minimum atomic E-state index is -0.971. The summed E-state index contributed by atoms with van der Waals surface area (Å²) in [7, 11) is 1.55. The Morgan fingerprint density at radius 1 is 1.37 bits per heavy atom. The summed E-state index contributed by atoms with van der Waals surface area (Å²) in [5.41, 5.74) is 0. The Bertz CT molecular complexity index is 306. The maximum atomic E-state index is 12.2. The zero-order valence-corrected chi connectivity index (χ0v) is 11.9. The number of hydrogen-bond acceptors (Lipinski definition) is 3. The van der Waals surface area contributed by atoms with Crippen LogP contribution >= 0.6 is 0 Å². The van der Waals surface area contributed by atoms with Crippen molar-refractivity contribution in [2.75, 3.05) is 26.8 Å². The number of methoxy groups -OCH3 is 1. The van der Waals surface area contributed by atoms with Crippen molar-refractivity contribution < 1.29 is 19.4 Å². The largest absolute Gasteiger partial charge is 0.480 e. The number of amides is 1. The molecule has 0 aromatic rings. The predicted octanol–water partition coefficient (Wildman–Crippen LogP) is 1.76. The quantitative estimate of drug-likeness (QED) is 0.766. The van der Waals surface area contributed by atoms with Gasteiger partial charge in [-0.25, -0.2) is 0 Å². The molecule has 2 unspecified atom stereocenters. The van der Waals surface area contributed by atoms with Gasteiger partial charge in [-0.05, 0) is 24.7 Å². The molecule has 1 rings (SSSR count). The van der Waals surface area contributed by atoms with Gasteiger partial charge in [0.15, 0.2) is 0 Å². The van der Waals surface area contributed by atoms with Crippen molar-refractivity contribution in [1.29, 1.82) is 0 Å². The van der Waals surface area contributed by atoms with Crippen LogP contribution in [0.4, 0.5) is 0 Å². The van der Waals surface area contributed by atoms with E-state index in [1.807, 2.05) is 0 Å². The first-order valence-electron chi connectivity index (χ1n) is 7.01. The first-order chi connectivity index (χ1) is 9.02. The minimum Gasteiger partial charge on any atom is -0.480 e. The number of nitrogens with zero attached hydrogens (tertiary/aromatic N) is 1. The van der Waals surface area contributed by atoms with Gasteiger partial charge in [-0.1, -0.05) is 19.8 Å². The van der Waals surface area contributed by atoms with Gasteiger partial charge < -0.3 is 14.7 Å². The van der Waals surface area contributed by atoms with Crippen LogP contribution in [0.25, 0.3) is 0 Å². The van der Waals surface area contributed by atoms with E-state index in [2.05, 4.69) is 6.92 Å². The fraction of sp³-hybridized carbons (Fsp3) is 0.857. The molecule has 0 aliphatic heterocycles. The summed E-state index contributed by atoms with van der Waals surface area (Å²) >= 11 is 0. The minimum absolute atomic E-state index is 0.0569. The molecular weight excluding hydrogens is 246 g/mol. The Hall–Kier alpha value is -1.10. The summed E-state index contributed by atoms with van der Waals surface area (Å²) in [6, 6.07) is 0. The second-order valence-corrected chi connectivity index (χ2v) is 5.54. The van der Waals surface area contributed by atoms with E-state index in [-0.39, 0.29) is 12.5 Å². The number of carbonyl (C=O) groups is 2. The van der Waals surface area contributed by atoms with Crippen LogP contribution in [0.5, 0.6) is 0 Å². The molecule has 0 heterocycles. The number of hydrogen-bond donors (Lipinski definition) is 1. The molecular formula is C14H25NO4. The van der Waals surface area contributed by atoms with E-state index < -0.39 is 5.97 Å². The maximum absolute atomic E-state index is 12.2. The molecule has 2 atom stereocenters. The van der Waals surface area contributed by atoms with Crippen molar-refractivity contribution in [1.82, 2.24) is 4.90 Å². The lowest BCUT2D eigenvalue weighted by Gasteiger charge is -2.28. The fourth-order valence-electron chi connectivity index (χ4n) is 2.78. The molecule has 0 radical (unpaired) electrons. The van der Waals surface area contributed by atoms with Gasteiger partial charge in [-0.2, -0.15) is 0 Å². The molecule has 0 bridgehead atoms. The number of ether oxygens (including phenoxy) is 1. The first kappa shape index (κ1) is 16.0. The maximum Gasteiger partial charge on any atom is 0.323 e. The lowest BCUT2D eigenvalue weighted by Crippen LogP contribution is -2.39. The number of rotatable bonds is 7. The molecule has 0 aromatic carbocycles.